The summed E-state index contributed by atoms with van der Waals surface area (Å²) in [5.41, 5.74) is 0. The van der Waals surface area contributed by atoms with E-state index >= 15 is 0 Å². The van der Waals surface area contributed by atoms with E-state index in [1.54, 1.807) is 10.9 Å². The summed E-state index contributed by atoms with van der Waals surface area (Å²) < 4.78 is 2.80. The van der Waals surface area contributed by atoms with Crippen LogP contribution in [0.15, 0.2) is 12.4 Å². The Morgan fingerprint density at radius 1 is 1.44 bits per heavy atom. The molecule has 0 spiro atoms. The lowest BCUT2D eigenvalue weighted by atomic mass is 10.2. The SMILES string of the molecule is CCN1CCN(C(=O)C(C)n2cc(I)cn2)CC1. The van der Waals surface area contributed by atoms with Gasteiger partial charge in [-0.2, -0.15) is 5.10 Å². The van der Waals surface area contributed by atoms with Gasteiger partial charge in [0.1, 0.15) is 6.04 Å². The van der Waals surface area contributed by atoms with Crippen molar-refractivity contribution in [2.24, 2.45) is 0 Å². The third-order valence-corrected chi connectivity index (χ3v) is 4.01. The van der Waals surface area contributed by atoms with E-state index in [-0.39, 0.29) is 11.9 Å². The maximum Gasteiger partial charge on any atom is 0.247 e. The summed E-state index contributed by atoms with van der Waals surface area (Å²) in [7, 11) is 0. The highest BCUT2D eigenvalue weighted by Gasteiger charge is 2.25. The number of aromatic nitrogens is 2. The second kappa shape index (κ2) is 6.01. The maximum absolute atomic E-state index is 12.3. The number of hydrogen-bond donors (Lipinski definition) is 0. The highest BCUT2D eigenvalue weighted by molar-refractivity contribution is 14.1. The van der Waals surface area contributed by atoms with Gasteiger partial charge in [0.05, 0.1) is 9.77 Å². The molecule has 0 aliphatic carbocycles. The van der Waals surface area contributed by atoms with Gasteiger partial charge in [-0.3, -0.25) is 9.48 Å². The van der Waals surface area contributed by atoms with Crippen LogP contribution in [0.4, 0.5) is 0 Å². The molecule has 1 saturated heterocycles. The number of amides is 1. The summed E-state index contributed by atoms with van der Waals surface area (Å²) in [6, 6.07) is -0.207. The lowest BCUT2D eigenvalue weighted by molar-refractivity contribution is -0.136. The van der Waals surface area contributed by atoms with Crippen molar-refractivity contribution in [2.75, 3.05) is 32.7 Å². The summed E-state index contributed by atoms with van der Waals surface area (Å²) in [6.07, 6.45) is 3.69. The minimum Gasteiger partial charge on any atom is -0.338 e. The van der Waals surface area contributed by atoms with Crippen LogP contribution in [0.2, 0.25) is 0 Å². The van der Waals surface area contributed by atoms with Crippen LogP contribution in [-0.4, -0.2) is 58.2 Å². The van der Waals surface area contributed by atoms with Crippen LogP contribution < -0.4 is 0 Å². The Hall–Kier alpha value is -0.630. The van der Waals surface area contributed by atoms with E-state index in [9.17, 15) is 4.79 Å². The number of hydrogen-bond acceptors (Lipinski definition) is 3. The summed E-state index contributed by atoms with van der Waals surface area (Å²) in [6.45, 7) is 8.75. The molecule has 18 heavy (non-hydrogen) atoms. The fourth-order valence-electron chi connectivity index (χ4n) is 2.19. The molecule has 1 aliphatic rings. The molecule has 1 fully saturated rings. The van der Waals surface area contributed by atoms with Crippen molar-refractivity contribution in [3.05, 3.63) is 16.0 Å². The number of carbonyl (C=O) groups excluding carboxylic acids is 1. The molecule has 0 aromatic carbocycles. The summed E-state index contributed by atoms with van der Waals surface area (Å²) in [5, 5.41) is 4.21. The van der Waals surface area contributed by atoms with E-state index in [1.165, 1.54) is 0 Å². The fraction of sp³-hybridized carbons (Fsp3) is 0.667. The van der Waals surface area contributed by atoms with Crippen LogP contribution >= 0.6 is 22.6 Å². The highest BCUT2D eigenvalue weighted by Crippen LogP contribution is 2.13. The molecule has 1 aromatic rings. The maximum atomic E-state index is 12.3. The van der Waals surface area contributed by atoms with Crippen LogP contribution in [0, 0.1) is 3.57 Å². The molecule has 1 aliphatic heterocycles. The zero-order valence-corrected chi connectivity index (χ0v) is 13.0. The third-order valence-electron chi connectivity index (χ3n) is 3.46. The number of carbonyl (C=O) groups is 1. The van der Waals surface area contributed by atoms with Gasteiger partial charge in [-0.05, 0) is 36.1 Å². The van der Waals surface area contributed by atoms with Crippen molar-refractivity contribution in [3.63, 3.8) is 0 Å². The van der Waals surface area contributed by atoms with Gasteiger partial charge in [0.15, 0.2) is 0 Å². The molecule has 0 N–H and O–H groups in total. The quantitative estimate of drug-likeness (QED) is 0.760. The topological polar surface area (TPSA) is 41.4 Å². The predicted octanol–water partition coefficient (Wildman–Crippen LogP) is 1.21. The Morgan fingerprint density at radius 2 is 2.11 bits per heavy atom. The summed E-state index contributed by atoms with van der Waals surface area (Å²) in [5.74, 6) is 0.172. The van der Waals surface area contributed by atoms with E-state index < -0.39 is 0 Å². The molecule has 0 radical (unpaired) electrons. The fourth-order valence-corrected chi connectivity index (χ4v) is 2.60. The first-order chi connectivity index (χ1) is 8.61. The van der Waals surface area contributed by atoms with Gasteiger partial charge in [0.25, 0.3) is 0 Å². The molecule has 1 unspecified atom stereocenters. The standard InChI is InChI=1S/C12H19IN4O/c1-3-15-4-6-16(7-5-15)12(18)10(2)17-9-11(13)8-14-17/h8-10H,3-7H2,1-2H3. The first-order valence-corrected chi connectivity index (χ1v) is 7.40. The van der Waals surface area contributed by atoms with Gasteiger partial charge in [-0.25, -0.2) is 0 Å². The molecule has 100 valence electrons. The minimum atomic E-state index is -0.207. The van der Waals surface area contributed by atoms with E-state index in [1.807, 2.05) is 18.0 Å². The minimum absolute atomic E-state index is 0.172. The molecule has 0 saturated carbocycles. The predicted molar refractivity (Wildman–Crippen MR) is 78.3 cm³/mol. The van der Waals surface area contributed by atoms with Gasteiger partial charge < -0.3 is 9.80 Å². The average molecular weight is 362 g/mol. The lowest BCUT2D eigenvalue weighted by Gasteiger charge is -2.35. The zero-order valence-electron chi connectivity index (χ0n) is 10.8. The van der Waals surface area contributed by atoms with Gasteiger partial charge in [0, 0.05) is 32.4 Å². The van der Waals surface area contributed by atoms with Crippen LogP contribution in [0.25, 0.3) is 0 Å². The van der Waals surface area contributed by atoms with Gasteiger partial charge in [0.2, 0.25) is 5.91 Å². The van der Waals surface area contributed by atoms with E-state index in [0.717, 1.165) is 36.3 Å². The van der Waals surface area contributed by atoms with E-state index in [2.05, 4.69) is 39.5 Å². The van der Waals surface area contributed by atoms with Crippen molar-refractivity contribution < 1.29 is 4.79 Å². The Balaban J connectivity index is 1.95. The van der Waals surface area contributed by atoms with Crippen molar-refractivity contribution >= 4 is 28.5 Å². The Morgan fingerprint density at radius 3 is 2.61 bits per heavy atom. The summed E-state index contributed by atoms with van der Waals surface area (Å²) in [4.78, 5) is 16.7. The normalized spacial score (nSPS) is 18.9. The van der Waals surface area contributed by atoms with Crippen LogP contribution in [0.3, 0.4) is 0 Å². The third kappa shape index (κ3) is 3.03. The molecule has 1 atom stereocenters. The Bertz CT molecular complexity index is 412. The smallest absolute Gasteiger partial charge is 0.247 e. The lowest BCUT2D eigenvalue weighted by Crippen LogP contribution is -2.50. The second-order valence-corrected chi connectivity index (χ2v) is 5.82. The summed E-state index contributed by atoms with van der Waals surface area (Å²) >= 11 is 2.20. The molecule has 1 amide bonds. The average Bonchev–Trinajstić information content (AvgIpc) is 2.84. The van der Waals surface area contributed by atoms with Crippen molar-refractivity contribution in [2.45, 2.75) is 19.9 Å². The Labute approximate surface area is 121 Å². The number of nitrogens with zero attached hydrogens (tertiary/aromatic N) is 4. The first-order valence-electron chi connectivity index (χ1n) is 6.32. The second-order valence-electron chi connectivity index (χ2n) is 4.57. The number of likely N-dealkylation sites (N-methyl/N-ethyl adjacent to an activating group) is 1. The Kier molecular flexibility index (Phi) is 4.60. The molecule has 2 heterocycles. The van der Waals surface area contributed by atoms with Gasteiger partial charge in [-0.1, -0.05) is 6.92 Å². The van der Waals surface area contributed by atoms with Crippen LogP contribution in [-0.2, 0) is 4.79 Å². The van der Waals surface area contributed by atoms with Crippen LogP contribution in [0.1, 0.15) is 19.9 Å². The zero-order chi connectivity index (χ0) is 13.1. The molecule has 2 rings (SSSR count). The number of piperazine rings is 1. The number of rotatable bonds is 3. The molecule has 0 bridgehead atoms. The monoisotopic (exact) mass is 362 g/mol. The van der Waals surface area contributed by atoms with Crippen molar-refractivity contribution in [3.8, 4) is 0 Å². The van der Waals surface area contributed by atoms with Crippen molar-refractivity contribution in [1.29, 1.82) is 0 Å². The number of halogens is 1. The van der Waals surface area contributed by atoms with E-state index in [4.69, 9.17) is 0 Å². The molecule has 1 aromatic heterocycles. The molecular formula is C12H19IN4O. The molecule has 6 heteroatoms. The van der Waals surface area contributed by atoms with Crippen molar-refractivity contribution in [1.82, 2.24) is 19.6 Å². The first kappa shape index (κ1) is 13.8. The van der Waals surface area contributed by atoms with E-state index in [0.29, 0.717) is 0 Å². The van der Waals surface area contributed by atoms with Gasteiger partial charge in [-0.15, -0.1) is 0 Å². The largest absolute Gasteiger partial charge is 0.338 e. The molecular weight excluding hydrogens is 343 g/mol. The highest BCUT2D eigenvalue weighted by atomic mass is 127. The van der Waals surface area contributed by atoms with Gasteiger partial charge >= 0.3 is 0 Å². The van der Waals surface area contributed by atoms with Crippen LogP contribution in [0.5, 0.6) is 0 Å². The molecule has 5 nitrogen and oxygen atoms in total.